The van der Waals surface area contributed by atoms with Crippen molar-refractivity contribution in [3.63, 3.8) is 0 Å². The summed E-state index contributed by atoms with van der Waals surface area (Å²) in [4.78, 5) is 29.9. The summed E-state index contributed by atoms with van der Waals surface area (Å²) in [5, 5.41) is 6.51. The van der Waals surface area contributed by atoms with Crippen LogP contribution in [0.2, 0.25) is 10.0 Å². The Bertz CT molecular complexity index is 1400. The molecule has 2 N–H and O–H groups in total. The van der Waals surface area contributed by atoms with Crippen molar-refractivity contribution >= 4 is 41.1 Å². The third-order valence-corrected chi connectivity index (χ3v) is 5.95. The van der Waals surface area contributed by atoms with Crippen LogP contribution in [-0.2, 0) is 11.3 Å². The Morgan fingerprint density at radius 2 is 1.92 bits per heavy atom. The predicted octanol–water partition coefficient (Wildman–Crippen LogP) is 5.44. The molecule has 0 spiro atoms. The fourth-order valence-corrected chi connectivity index (χ4v) is 3.86. The molecule has 190 valence electrons. The number of hydrogen-bond acceptors (Lipinski definition) is 5. The standard InChI is InChI=1S/C27H24Cl2N4O4/c1-36-20-6-3-18(4-7-20)26(34)32-24(27(35)31-11-2-13-33-14-12-30-17-33)16-21-8-10-25(37-21)22-15-19(28)5-9-23(22)29/h3-10,12,14-17H,2,11,13H2,1H3,(H,31,35)(H,32,34)/b24-16-. The van der Waals surface area contributed by atoms with Crippen LogP contribution in [0.1, 0.15) is 22.5 Å². The first kappa shape index (κ1) is 26.1. The summed E-state index contributed by atoms with van der Waals surface area (Å²) in [6.07, 6.45) is 7.41. The number of methoxy groups -OCH3 is 1. The average molecular weight is 539 g/mol. The van der Waals surface area contributed by atoms with E-state index in [1.54, 1.807) is 74.2 Å². The van der Waals surface area contributed by atoms with E-state index in [0.717, 1.165) is 0 Å². The number of furan rings is 1. The van der Waals surface area contributed by atoms with E-state index < -0.39 is 11.8 Å². The van der Waals surface area contributed by atoms with Crippen LogP contribution in [-0.4, -0.2) is 35.0 Å². The summed E-state index contributed by atoms with van der Waals surface area (Å²) in [5.74, 6) is 0.536. The van der Waals surface area contributed by atoms with Crippen LogP contribution in [0, 0.1) is 0 Å². The van der Waals surface area contributed by atoms with Gasteiger partial charge < -0.3 is 24.4 Å². The molecule has 0 atom stereocenters. The molecule has 0 unspecified atom stereocenters. The number of carbonyl (C=O) groups excluding carboxylic acids is 2. The Morgan fingerprint density at radius 1 is 1.11 bits per heavy atom. The van der Waals surface area contributed by atoms with Crippen LogP contribution in [0.25, 0.3) is 17.4 Å². The molecule has 0 radical (unpaired) electrons. The maximum atomic E-state index is 13.0. The largest absolute Gasteiger partial charge is 0.497 e. The van der Waals surface area contributed by atoms with E-state index in [2.05, 4.69) is 15.6 Å². The van der Waals surface area contributed by atoms with Crippen molar-refractivity contribution in [1.82, 2.24) is 20.2 Å². The molecule has 0 aliphatic carbocycles. The van der Waals surface area contributed by atoms with E-state index in [0.29, 0.717) is 58.0 Å². The molecule has 2 heterocycles. The highest BCUT2D eigenvalue weighted by Gasteiger charge is 2.16. The van der Waals surface area contributed by atoms with Crippen molar-refractivity contribution in [2.45, 2.75) is 13.0 Å². The molecule has 0 fully saturated rings. The van der Waals surface area contributed by atoms with E-state index in [9.17, 15) is 9.59 Å². The molecule has 0 aliphatic rings. The van der Waals surface area contributed by atoms with Gasteiger partial charge in [0.15, 0.2) is 0 Å². The van der Waals surface area contributed by atoms with Gasteiger partial charge in [0.05, 0.1) is 18.5 Å². The first-order valence-electron chi connectivity index (χ1n) is 11.4. The summed E-state index contributed by atoms with van der Waals surface area (Å²) >= 11 is 12.4. The second-order valence-electron chi connectivity index (χ2n) is 7.98. The number of nitrogens with one attached hydrogen (secondary N) is 2. The lowest BCUT2D eigenvalue weighted by Crippen LogP contribution is -2.35. The number of halogens is 2. The van der Waals surface area contributed by atoms with Gasteiger partial charge in [0, 0.05) is 47.7 Å². The summed E-state index contributed by atoms with van der Waals surface area (Å²) < 4.78 is 13.0. The third-order valence-electron chi connectivity index (χ3n) is 5.39. The summed E-state index contributed by atoms with van der Waals surface area (Å²) in [5.41, 5.74) is 1.01. The van der Waals surface area contributed by atoms with Crippen molar-refractivity contribution in [2.75, 3.05) is 13.7 Å². The van der Waals surface area contributed by atoms with E-state index in [1.165, 1.54) is 6.08 Å². The number of imidazole rings is 1. The maximum Gasteiger partial charge on any atom is 0.267 e. The Morgan fingerprint density at radius 3 is 2.65 bits per heavy atom. The minimum Gasteiger partial charge on any atom is -0.497 e. The number of rotatable bonds is 10. The van der Waals surface area contributed by atoms with Gasteiger partial charge in [0.1, 0.15) is 23.0 Å². The van der Waals surface area contributed by atoms with Gasteiger partial charge in [-0.3, -0.25) is 9.59 Å². The van der Waals surface area contributed by atoms with Gasteiger partial charge >= 0.3 is 0 Å². The number of benzene rings is 2. The molecule has 37 heavy (non-hydrogen) atoms. The summed E-state index contributed by atoms with van der Waals surface area (Å²) in [6.45, 7) is 1.09. The van der Waals surface area contributed by atoms with Crippen LogP contribution in [0.5, 0.6) is 5.75 Å². The van der Waals surface area contributed by atoms with Gasteiger partial charge in [-0.25, -0.2) is 4.98 Å². The van der Waals surface area contributed by atoms with Crippen LogP contribution < -0.4 is 15.4 Å². The minimum absolute atomic E-state index is 0.0292. The normalized spacial score (nSPS) is 11.3. The van der Waals surface area contributed by atoms with Gasteiger partial charge in [-0.1, -0.05) is 23.2 Å². The zero-order valence-electron chi connectivity index (χ0n) is 19.9. The van der Waals surface area contributed by atoms with Crippen LogP contribution in [0.4, 0.5) is 0 Å². The molecule has 0 aliphatic heterocycles. The number of ether oxygens (including phenoxy) is 1. The Labute approximate surface area is 223 Å². The third kappa shape index (κ3) is 7.03. The number of aryl methyl sites for hydroxylation is 1. The second-order valence-corrected chi connectivity index (χ2v) is 8.82. The monoisotopic (exact) mass is 538 g/mol. The van der Waals surface area contributed by atoms with Crippen LogP contribution in [0.3, 0.4) is 0 Å². The molecule has 0 saturated heterocycles. The Kier molecular flexibility index (Phi) is 8.66. The van der Waals surface area contributed by atoms with Gasteiger partial charge in [-0.05, 0) is 61.0 Å². The molecule has 4 aromatic rings. The number of aromatic nitrogens is 2. The van der Waals surface area contributed by atoms with Crippen molar-refractivity contribution in [1.29, 1.82) is 0 Å². The Hall–Kier alpha value is -4.01. The van der Waals surface area contributed by atoms with Gasteiger partial charge in [-0.15, -0.1) is 0 Å². The molecule has 2 aromatic carbocycles. The van der Waals surface area contributed by atoms with Gasteiger partial charge in [0.25, 0.3) is 11.8 Å². The predicted molar refractivity (Wildman–Crippen MR) is 142 cm³/mol. The number of hydrogen-bond donors (Lipinski definition) is 2. The minimum atomic E-state index is -0.453. The van der Waals surface area contributed by atoms with Crippen molar-refractivity contribution in [3.05, 3.63) is 100 Å². The molecule has 10 heteroatoms. The molecular weight excluding hydrogens is 515 g/mol. The Balaban J connectivity index is 1.53. The lowest BCUT2D eigenvalue weighted by molar-refractivity contribution is -0.117. The molecule has 2 amide bonds. The highest BCUT2D eigenvalue weighted by Crippen LogP contribution is 2.32. The van der Waals surface area contributed by atoms with E-state index in [1.807, 2.05) is 10.8 Å². The zero-order chi connectivity index (χ0) is 26.2. The first-order chi connectivity index (χ1) is 17.9. The van der Waals surface area contributed by atoms with Crippen molar-refractivity contribution < 1.29 is 18.7 Å². The van der Waals surface area contributed by atoms with Gasteiger partial charge in [0.2, 0.25) is 0 Å². The summed E-state index contributed by atoms with van der Waals surface area (Å²) in [7, 11) is 1.54. The molecule has 4 rings (SSSR count). The molecular formula is C27H24Cl2N4O4. The molecule has 0 saturated carbocycles. The lowest BCUT2D eigenvalue weighted by atomic mass is 10.2. The highest BCUT2D eigenvalue weighted by atomic mass is 35.5. The number of carbonyl (C=O) groups is 2. The molecule has 2 aromatic heterocycles. The smallest absolute Gasteiger partial charge is 0.267 e. The van der Waals surface area contributed by atoms with Crippen molar-refractivity contribution in [3.8, 4) is 17.1 Å². The number of nitrogens with zero attached hydrogens (tertiary/aromatic N) is 2. The van der Waals surface area contributed by atoms with Gasteiger partial charge in [-0.2, -0.15) is 0 Å². The fourth-order valence-electron chi connectivity index (χ4n) is 3.48. The van der Waals surface area contributed by atoms with E-state index in [-0.39, 0.29) is 5.70 Å². The van der Waals surface area contributed by atoms with Crippen LogP contribution in [0.15, 0.2) is 83.4 Å². The van der Waals surface area contributed by atoms with Crippen LogP contribution >= 0.6 is 23.2 Å². The van der Waals surface area contributed by atoms with E-state index in [4.69, 9.17) is 32.4 Å². The topological polar surface area (TPSA) is 98.4 Å². The summed E-state index contributed by atoms with van der Waals surface area (Å²) in [6, 6.07) is 15.0. The quantitative estimate of drug-likeness (QED) is 0.207. The van der Waals surface area contributed by atoms with E-state index >= 15 is 0 Å². The first-order valence-corrected chi connectivity index (χ1v) is 12.1. The zero-order valence-corrected chi connectivity index (χ0v) is 21.4. The fraction of sp³-hybridized carbons (Fsp3) is 0.148. The molecule has 0 bridgehead atoms. The average Bonchev–Trinajstić information content (AvgIpc) is 3.60. The lowest BCUT2D eigenvalue weighted by Gasteiger charge is -2.11. The second kappa shape index (κ2) is 12.3. The SMILES string of the molecule is COc1ccc(C(=O)N/C(=C\c2ccc(-c3cc(Cl)ccc3Cl)o2)C(=O)NCCCn2ccnc2)cc1. The highest BCUT2D eigenvalue weighted by molar-refractivity contribution is 6.35. The molecule has 8 nitrogen and oxygen atoms in total. The van der Waals surface area contributed by atoms with Crippen molar-refractivity contribution in [2.24, 2.45) is 0 Å². The number of amides is 2. The maximum absolute atomic E-state index is 13.0.